The molecule has 0 heterocycles. The summed E-state index contributed by atoms with van der Waals surface area (Å²) in [6, 6.07) is -0.123. The van der Waals surface area contributed by atoms with Crippen LogP contribution in [0.25, 0.3) is 0 Å². The van der Waals surface area contributed by atoms with E-state index in [9.17, 15) is 9.90 Å². The summed E-state index contributed by atoms with van der Waals surface area (Å²) in [5.74, 6) is 0.412. The summed E-state index contributed by atoms with van der Waals surface area (Å²) in [4.78, 5) is 13.2. The van der Waals surface area contributed by atoms with Crippen molar-refractivity contribution in [2.45, 2.75) is 45.3 Å². The third-order valence-electron chi connectivity index (χ3n) is 2.46. The number of carbonyl (C=O) groups is 1. The van der Waals surface area contributed by atoms with Crippen molar-refractivity contribution in [2.24, 2.45) is 5.92 Å². The molecule has 0 radical (unpaired) electrons. The number of rotatable bonds is 3. The number of aliphatic hydroxyl groups is 1. The fourth-order valence-electron chi connectivity index (χ4n) is 1.41. The Kier molecular flexibility index (Phi) is 3.60. The molecule has 1 unspecified atom stereocenters. The van der Waals surface area contributed by atoms with Crippen LogP contribution in [0.15, 0.2) is 0 Å². The van der Waals surface area contributed by atoms with Gasteiger partial charge in [0.1, 0.15) is 0 Å². The summed E-state index contributed by atoms with van der Waals surface area (Å²) in [5, 5.41) is 12.5. The SMILES string of the molecule is CN(CC(O)C1CC1)C(=O)NC(C)(C)C. The molecule has 4 nitrogen and oxygen atoms in total. The van der Waals surface area contributed by atoms with Gasteiger partial charge in [0, 0.05) is 19.1 Å². The number of aliphatic hydroxyl groups excluding tert-OH is 1. The average Bonchev–Trinajstić information content (AvgIpc) is 2.82. The number of nitrogens with one attached hydrogen (secondary N) is 1. The molecule has 0 aromatic heterocycles. The average molecular weight is 214 g/mol. The molecule has 1 aliphatic carbocycles. The van der Waals surface area contributed by atoms with Gasteiger partial charge in [0.25, 0.3) is 0 Å². The zero-order valence-electron chi connectivity index (χ0n) is 10.1. The Labute approximate surface area is 91.6 Å². The molecular weight excluding hydrogens is 192 g/mol. The van der Waals surface area contributed by atoms with E-state index in [-0.39, 0.29) is 17.7 Å². The molecule has 0 spiro atoms. The number of hydrogen-bond acceptors (Lipinski definition) is 2. The van der Waals surface area contributed by atoms with Crippen molar-refractivity contribution in [1.29, 1.82) is 0 Å². The third kappa shape index (κ3) is 4.51. The highest BCUT2D eigenvalue weighted by atomic mass is 16.3. The summed E-state index contributed by atoms with van der Waals surface area (Å²) in [5.41, 5.74) is -0.226. The fraction of sp³-hybridized carbons (Fsp3) is 0.909. The lowest BCUT2D eigenvalue weighted by molar-refractivity contribution is 0.111. The predicted octanol–water partition coefficient (Wildman–Crippen LogP) is 1.20. The third-order valence-corrected chi connectivity index (χ3v) is 2.46. The maximum Gasteiger partial charge on any atom is 0.317 e. The standard InChI is InChI=1S/C11H22N2O2/c1-11(2,3)12-10(15)13(4)7-9(14)8-5-6-8/h8-9,14H,5-7H2,1-4H3,(H,12,15). The second kappa shape index (κ2) is 4.39. The van der Waals surface area contributed by atoms with Gasteiger partial charge in [0.05, 0.1) is 6.10 Å². The first-order valence-electron chi connectivity index (χ1n) is 5.51. The molecule has 1 fully saturated rings. The van der Waals surface area contributed by atoms with E-state index in [1.807, 2.05) is 20.8 Å². The van der Waals surface area contributed by atoms with Crippen LogP contribution in [0, 0.1) is 5.92 Å². The minimum Gasteiger partial charge on any atom is -0.391 e. The van der Waals surface area contributed by atoms with Crippen LogP contribution in [-0.2, 0) is 0 Å². The number of carbonyl (C=O) groups excluding carboxylic acids is 1. The predicted molar refractivity (Wildman–Crippen MR) is 59.6 cm³/mol. The van der Waals surface area contributed by atoms with E-state index >= 15 is 0 Å². The van der Waals surface area contributed by atoms with Crippen molar-refractivity contribution in [3.05, 3.63) is 0 Å². The minimum atomic E-state index is -0.360. The summed E-state index contributed by atoms with van der Waals surface area (Å²) in [7, 11) is 1.71. The van der Waals surface area contributed by atoms with Crippen LogP contribution >= 0.6 is 0 Å². The molecule has 2 amide bonds. The molecule has 1 saturated carbocycles. The highest BCUT2D eigenvalue weighted by Gasteiger charge is 2.31. The highest BCUT2D eigenvalue weighted by molar-refractivity contribution is 5.74. The molecule has 0 aromatic rings. The molecular formula is C11H22N2O2. The van der Waals surface area contributed by atoms with Gasteiger partial charge >= 0.3 is 6.03 Å². The Morgan fingerprint density at radius 3 is 2.47 bits per heavy atom. The van der Waals surface area contributed by atoms with Crippen LogP contribution in [0.1, 0.15) is 33.6 Å². The summed E-state index contributed by atoms with van der Waals surface area (Å²) in [6.45, 7) is 6.24. The van der Waals surface area contributed by atoms with Crippen LogP contribution in [0.4, 0.5) is 4.79 Å². The van der Waals surface area contributed by atoms with E-state index in [1.165, 1.54) is 0 Å². The Morgan fingerprint density at radius 2 is 2.07 bits per heavy atom. The van der Waals surface area contributed by atoms with Crippen LogP contribution in [0.2, 0.25) is 0 Å². The molecule has 4 heteroatoms. The van der Waals surface area contributed by atoms with E-state index < -0.39 is 0 Å². The highest BCUT2D eigenvalue weighted by Crippen LogP contribution is 2.32. The smallest absolute Gasteiger partial charge is 0.317 e. The quantitative estimate of drug-likeness (QED) is 0.741. The van der Waals surface area contributed by atoms with Gasteiger partial charge in [-0.2, -0.15) is 0 Å². The van der Waals surface area contributed by atoms with Crippen LogP contribution in [-0.4, -0.2) is 41.3 Å². The van der Waals surface area contributed by atoms with Crippen molar-refractivity contribution in [3.8, 4) is 0 Å². The number of likely N-dealkylation sites (N-methyl/N-ethyl adjacent to an activating group) is 1. The zero-order chi connectivity index (χ0) is 11.6. The van der Waals surface area contributed by atoms with Gasteiger partial charge in [-0.25, -0.2) is 4.79 Å². The van der Waals surface area contributed by atoms with E-state index in [0.717, 1.165) is 12.8 Å². The number of hydrogen-bond donors (Lipinski definition) is 2. The van der Waals surface area contributed by atoms with E-state index in [1.54, 1.807) is 11.9 Å². The molecule has 0 bridgehead atoms. The first-order valence-corrected chi connectivity index (χ1v) is 5.51. The summed E-state index contributed by atoms with van der Waals surface area (Å²) >= 11 is 0. The Bertz CT molecular complexity index is 231. The Balaban J connectivity index is 2.32. The normalized spacial score (nSPS) is 18.5. The zero-order valence-corrected chi connectivity index (χ0v) is 10.1. The second-order valence-corrected chi connectivity index (χ2v) is 5.47. The van der Waals surface area contributed by atoms with Crippen molar-refractivity contribution in [3.63, 3.8) is 0 Å². The van der Waals surface area contributed by atoms with Gasteiger partial charge in [-0.1, -0.05) is 0 Å². The van der Waals surface area contributed by atoms with Gasteiger partial charge in [0.15, 0.2) is 0 Å². The number of amides is 2. The molecule has 1 rings (SSSR count). The first-order chi connectivity index (χ1) is 6.79. The summed E-state index contributed by atoms with van der Waals surface area (Å²) in [6.07, 6.45) is 1.83. The first kappa shape index (κ1) is 12.3. The monoisotopic (exact) mass is 214 g/mol. The number of urea groups is 1. The largest absolute Gasteiger partial charge is 0.391 e. The topological polar surface area (TPSA) is 52.6 Å². The van der Waals surface area contributed by atoms with E-state index in [0.29, 0.717) is 12.5 Å². The lowest BCUT2D eigenvalue weighted by Crippen LogP contribution is -2.49. The van der Waals surface area contributed by atoms with E-state index in [2.05, 4.69) is 5.32 Å². The van der Waals surface area contributed by atoms with Crippen molar-refractivity contribution in [2.75, 3.05) is 13.6 Å². The molecule has 0 aliphatic heterocycles. The van der Waals surface area contributed by atoms with Gasteiger partial charge in [-0.05, 0) is 39.5 Å². The molecule has 15 heavy (non-hydrogen) atoms. The number of nitrogens with zero attached hydrogens (tertiary/aromatic N) is 1. The Morgan fingerprint density at radius 1 is 1.53 bits per heavy atom. The van der Waals surface area contributed by atoms with Gasteiger partial charge in [0.2, 0.25) is 0 Å². The Hall–Kier alpha value is -0.770. The molecule has 1 aliphatic rings. The van der Waals surface area contributed by atoms with Gasteiger partial charge in [-0.15, -0.1) is 0 Å². The van der Waals surface area contributed by atoms with Gasteiger partial charge in [-0.3, -0.25) is 0 Å². The molecule has 0 saturated heterocycles. The van der Waals surface area contributed by atoms with Crippen molar-refractivity contribution < 1.29 is 9.90 Å². The molecule has 2 N–H and O–H groups in total. The molecule has 88 valence electrons. The van der Waals surface area contributed by atoms with Crippen LogP contribution < -0.4 is 5.32 Å². The summed E-state index contributed by atoms with van der Waals surface area (Å²) < 4.78 is 0. The van der Waals surface area contributed by atoms with Crippen molar-refractivity contribution >= 4 is 6.03 Å². The fourth-order valence-corrected chi connectivity index (χ4v) is 1.41. The second-order valence-electron chi connectivity index (χ2n) is 5.47. The molecule has 1 atom stereocenters. The molecule has 0 aromatic carbocycles. The van der Waals surface area contributed by atoms with Crippen LogP contribution in [0.5, 0.6) is 0 Å². The lowest BCUT2D eigenvalue weighted by atomic mass is 10.1. The van der Waals surface area contributed by atoms with Gasteiger partial charge < -0.3 is 15.3 Å². The van der Waals surface area contributed by atoms with Crippen molar-refractivity contribution in [1.82, 2.24) is 10.2 Å². The maximum absolute atomic E-state index is 11.6. The maximum atomic E-state index is 11.6. The minimum absolute atomic E-state index is 0.123. The lowest BCUT2D eigenvalue weighted by Gasteiger charge is -2.27. The van der Waals surface area contributed by atoms with Crippen LogP contribution in [0.3, 0.4) is 0 Å². The van der Waals surface area contributed by atoms with E-state index in [4.69, 9.17) is 0 Å².